The summed E-state index contributed by atoms with van der Waals surface area (Å²) in [7, 11) is -2.71. The molecule has 1 aromatic rings. The van der Waals surface area contributed by atoms with Crippen molar-refractivity contribution in [3.8, 4) is 5.75 Å². The van der Waals surface area contributed by atoms with Gasteiger partial charge >= 0.3 is 5.97 Å². The van der Waals surface area contributed by atoms with Crippen LogP contribution >= 0.6 is 11.6 Å². The molecule has 0 heterocycles. The first-order valence-electron chi connectivity index (χ1n) is 6.26. The van der Waals surface area contributed by atoms with Crippen molar-refractivity contribution in [2.45, 2.75) is 31.2 Å². The van der Waals surface area contributed by atoms with Gasteiger partial charge in [-0.1, -0.05) is 25.4 Å². The Hall–Kier alpha value is -1.31. The summed E-state index contributed by atoms with van der Waals surface area (Å²) < 4.78 is 31.8. The number of carboxylic acids is 1. The predicted molar refractivity (Wildman–Crippen MR) is 79.2 cm³/mol. The molecule has 0 aliphatic carbocycles. The quantitative estimate of drug-likeness (QED) is 0.796. The van der Waals surface area contributed by atoms with Gasteiger partial charge in [0.2, 0.25) is 10.0 Å². The summed E-state index contributed by atoms with van der Waals surface area (Å²) in [5.74, 6) is -1.13. The largest absolute Gasteiger partial charge is 0.495 e. The Morgan fingerprint density at radius 1 is 1.43 bits per heavy atom. The number of nitrogens with one attached hydrogen (secondary N) is 1. The first kappa shape index (κ1) is 17.7. The molecular weight excluding hydrogens is 318 g/mol. The smallest absolute Gasteiger partial charge is 0.321 e. The minimum atomic E-state index is -4.02. The van der Waals surface area contributed by atoms with Gasteiger partial charge in [0, 0.05) is 11.1 Å². The number of hydrogen-bond donors (Lipinski definition) is 2. The third-order valence-corrected chi connectivity index (χ3v) is 4.46. The van der Waals surface area contributed by atoms with E-state index in [1.807, 2.05) is 13.8 Å². The number of carboxylic acid groups (broad SMARTS) is 1. The molecule has 0 saturated heterocycles. The van der Waals surface area contributed by atoms with Crippen LogP contribution in [0.25, 0.3) is 0 Å². The number of ether oxygens (including phenoxy) is 1. The molecule has 1 aromatic carbocycles. The van der Waals surface area contributed by atoms with Crippen LogP contribution in [0.5, 0.6) is 5.75 Å². The zero-order valence-corrected chi connectivity index (χ0v) is 13.5. The SMILES string of the molecule is COc1cc(Cl)ccc1S(=O)(=O)N[C@H](CC(C)C)C(=O)O. The number of aliphatic carboxylic acids is 1. The number of benzene rings is 1. The molecule has 0 spiro atoms. The molecule has 6 nitrogen and oxygen atoms in total. The van der Waals surface area contributed by atoms with Crippen LogP contribution in [-0.4, -0.2) is 32.6 Å². The van der Waals surface area contributed by atoms with Gasteiger partial charge in [-0.15, -0.1) is 0 Å². The summed E-state index contributed by atoms with van der Waals surface area (Å²) in [5.41, 5.74) is 0. The molecule has 0 saturated carbocycles. The molecule has 0 fully saturated rings. The van der Waals surface area contributed by atoms with Gasteiger partial charge in [0.1, 0.15) is 16.7 Å². The third-order valence-electron chi connectivity index (χ3n) is 2.72. The highest BCUT2D eigenvalue weighted by molar-refractivity contribution is 7.89. The molecule has 1 atom stereocenters. The maximum absolute atomic E-state index is 12.3. The van der Waals surface area contributed by atoms with Gasteiger partial charge in [-0.2, -0.15) is 4.72 Å². The summed E-state index contributed by atoms with van der Waals surface area (Å²) >= 11 is 5.78. The van der Waals surface area contributed by atoms with Crippen LogP contribution < -0.4 is 9.46 Å². The summed E-state index contributed by atoms with van der Waals surface area (Å²) in [6, 6.07) is 2.83. The van der Waals surface area contributed by atoms with Gasteiger partial charge in [0.05, 0.1) is 7.11 Å². The average Bonchev–Trinajstić information content (AvgIpc) is 2.36. The maximum Gasteiger partial charge on any atom is 0.321 e. The summed E-state index contributed by atoms with van der Waals surface area (Å²) in [5, 5.41) is 9.45. The van der Waals surface area contributed by atoms with Crippen molar-refractivity contribution < 1.29 is 23.1 Å². The molecule has 0 aliphatic rings. The minimum Gasteiger partial charge on any atom is -0.495 e. The van der Waals surface area contributed by atoms with E-state index in [0.717, 1.165) is 0 Å². The van der Waals surface area contributed by atoms with Crippen LogP contribution in [-0.2, 0) is 14.8 Å². The molecule has 0 bridgehead atoms. The van der Waals surface area contributed by atoms with Crippen molar-refractivity contribution in [3.05, 3.63) is 23.2 Å². The van der Waals surface area contributed by atoms with E-state index in [2.05, 4.69) is 4.72 Å². The molecular formula is C13H18ClNO5S. The van der Waals surface area contributed by atoms with E-state index in [9.17, 15) is 13.2 Å². The van der Waals surface area contributed by atoms with Crippen LogP contribution in [0, 0.1) is 5.92 Å². The Kier molecular flexibility index (Phi) is 6.00. The van der Waals surface area contributed by atoms with Gasteiger partial charge in [-0.05, 0) is 24.5 Å². The lowest BCUT2D eigenvalue weighted by atomic mass is 10.1. The lowest BCUT2D eigenvalue weighted by Gasteiger charge is -2.17. The lowest BCUT2D eigenvalue weighted by molar-refractivity contribution is -0.139. The van der Waals surface area contributed by atoms with Crippen molar-refractivity contribution in [2.24, 2.45) is 5.92 Å². The lowest BCUT2D eigenvalue weighted by Crippen LogP contribution is -2.41. The minimum absolute atomic E-state index is 0.0286. The fraction of sp³-hybridized carbons (Fsp3) is 0.462. The molecule has 2 N–H and O–H groups in total. The number of methoxy groups -OCH3 is 1. The van der Waals surface area contributed by atoms with E-state index in [-0.39, 0.29) is 23.0 Å². The number of sulfonamides is 1. The highest BCUT2D eigenvalue weighted by atomic mass is 35.5. The van der Waals surface area contributed by atoms with Crippen molar-refractivity contribution >= 4 is 27.6 Å². The second kappa shape index (κ2) is 7.11. The molecule has 0 unspecified atom stereocenters. The van der Waals surface area contributed by atoms with Gasteiger partial charge in [0.25, 0.3) is 0 Å². The van der Waals surface area contributed by atoms with E-state index in [1.54, 1.807) is 0 Å². The second-order valence-electron chi connectivity index (χ2n) is 4.94. The molecule has 0 radical (unpaired) electrons. The van der Waals surface area contributed by atoms with E-state index in [1.165, 1.54) is 25.3 Å². The summed E-state index contributed by atoms with van der Waals surface area (Å²) in [6.07, 6.45) is 0.185. The monoisotopic (exact) mass is 335 g/mol. The van der Waals surface area contributed by atoms with E-state index in [4.69, 9.17) is 21.4 Å². The number of halogens is 1. The third kappa shape index (κ3) is 4.87. The predicted octanol–water partition coefficient (Wildman–Crippen LogP) is 2.13. The molecule has 0 aliphatic heterocycles. The Morgan fingerprint density at radius 3 is 2.52 bits per heavy atom. The second-order valence-corrected chi connectivity index (χ2v) is 7.06. The molecule has 118 valence electrons. The van der Waals surface area contributed by atoms with Crippen molar-refractivity contribution in [1.82, 2.24) is 4.72 Å². The number of carbonyl (C=O) groups is 1. The molecule has 0 aromatic heterocycles. The van der Waals surface area contributed by atoms with Crippen molar-refractivity contribution in [1.29, 1.82) is 0 Å². The molecule has 1 rings (SSSR count). The Balaban J connectivity index is 3.13. The fourth-order valence-electron chi connectivity index (χ4n) is 1.78. The summed E-state index contributed by atoms with van der Waals surface area (Å²) in [6.45, 7) is 3.63. The van der Waals surface area contributed by atoms with Crippen LogP contribution in [0.3, 0.4) is 0 Å². The number of rotatable bonds is 7. The topological polar surface area (TPSA) is 92.7 Å². The molecule has 8 heteroatoms. The standard InChI is InChI=1S/C13H18ClNO5S/c1-8(2)6-10(13(16)17)15-21(18,19)12-5-4-9(14)7-11(12)20-3/h4-5,7-8,10,15H,6H2,1-3H3,(H,16,17)/t10-/m1/s1. The zero-order valence-electron chi connectivity index (χ0n) is 12.0. The normalized spacial score (nSPS) is 13.2. The van der Waals surface area contributed by atoms with Crippen molar-refractivity contribution in [2.75, 3.05) is 7.11 Å². The van der Waals surface area contributed by atoms with Crippen LogP contribution in [0.4, 0.5) is 0 Å². The van der Waals surface area contributed by atoms with Crippen LogP contribution in [0.15, 0.2) is 23.1 Å². The average molecular weight is 336 g/mol. The molecule has 21 heavy (non-hydrogen) atoms. The molecule has 0 amide bonds. The first-order chi connectivity index (χ1) is 9.67. The van der Waals surface area contributed by atoms with Gasteiger partial charge in [0.15, 0.2) is 0 Å². The Bertz CT molecular complexity index is 615. The Labute approximate surface area is 129 Å². The van der Waals surface area contributed by atoms with E-state index >= 15 is 0 Å². The zero-order chi connectivity index (χ0) is 16.2. The fourth-order valence-corrected chi connectivity index (χ4v) is 3.30. The highest BCUT2D eigenvalue weighted by Crippen LogP contribution is 2.27. The maximum atomic E-state index is 12.3. The van der Waals surface area contributed by atoms with E-state index < -0.39 is 22.0 Å². The van der Waals surface area contributed by atoms with Gasteiger partial charge in [-0.25, -0.2) is 8.42 Å². The summed E-state index contributed by atoms with van der Waals surface area (Å²) in [4.78, 5) is 11.0. The van der Waals surface area contributed by atoms with Gasteiger partial charge < -0.3 is 9.84 Å². The van der Waals surface area contributed by atoms with Crippen molar-refractivity contribution in [3.63, 3.8) is 0 Å². The van der Waals surface area contributed by atoms with Gasteiger partial charge in [-0.3, -0.25) is 4.79 Å². The van der Waals surface area contributed by atoms with Crippen LogP contribution in [0.1, 0.15) is 20.3 Å². The number of hydrogen-bond acceptors (Lipinski definition) is 4. The van der Waals surface area contributed by atoms with Crippen LogP contribution in [0.2, 0.25) is 5.02 Å². The highest BCUT2D eigenvalue weighted by Gasteiger charge is 2.28. The Morgan fingerprint density at radius 2 is 2.05 bits per heavy atom. The van der Waals surface area contributed by atoms with E-state index in [0.29, 0.717) is 5.02 Å². The first-order valence-corrected chi connectivity index (χ1v) is 8.12.